The molecule has 0 radical (unpaired) electrons. The number of nitrogens with one attached hydrogen (secondary N) is 2. The van der Waals surface area contributed by atoms with E-state index in [1.807, 2.05) is 42.5 Å². The molecule has 0 spiro atoms. The van der Waals surface area contributed by atoms with Crippen LogP contribution in [0.3, 0.4) is 0 Å². The van der Waals surface area contributed by atoms with E-state index in [-0.39, 0.29) is 12.3 Å². The molecule has 0 aliphatic carbocycles. The molecule has 1 aliphatic rings. The van der Waals surface area contributed by atoms with E-state index in [0.29, 0.717) is 11.3 Å². The zero-order chi connectivity index (χ0) is 16.2. The van der Waals surface area contributed by atoms with Crippen molar-refractivity contribution in [3.05, 3.63) is 66.2 Å². The molecule has 5 heteroatoms. The van der Waals surface area contributed by atoms with E-state index in [9.17, 15) is 14.7 Å². The number of amides is 1. The number of carboxylic acids is 1. The normalized spacial score (nSPS) is 17.9. The maximum atomic E-state index is 12.2. The Hall–Kier alpha value is -3.08. The van der Waals surface area contributed by atoms with Gasteiger partial charge in [0, 0.05) is 29.4 Å². The molecule has 1 heterocycles. The van der Waals surface area contributed by atoms with Crippen LogP contribution in [0.2, 0.25) is 0 Å². The predicted molar refractivity (Wildman–Crippen MR) is 89.2 cm³/mol. The first-order chi connectivity index (χ1) is 11.1. The molecule has 0 saturated carbocycles. The number of carbonyl (C=O) groups is 2. The van der Waals surface area contributed by atoms with Crippen LogP contribution in [0.25, 0.3) is 5.57 Å². The second-order valence-corrected chi connectivity index (χ2v) is 5.31. The smallest absolute Gasteiger partial charge is 0.326 e. The summed E-state index contributed by atoms with van der Waals surface area (Å²) in [4.78, 5) is 23.5. The minimum absolute atomic E-state index is 0.258. The lowest BCUT2D eigenvalue weighted by Crippen LogP contribution is -2.33. The molecule has 0 saturated heterocycles. The fourth-order valence-electron chi connectivity index (χ4n) is 2.60. The number of hydrogen-bond acceptors (Lipinski definition) is 3. The van der Waals surface area contributed by atoms with Crippen molar-refractivity contribution in [3.8, 4) is 0 Å². The number of hydrogen-bond donors (Lipinski definition) is 3. The summed E-state index contributed by atoms with van der Waals surface area (Å²) in [5.74, 6) is -1.21. The molecular formula is C18H16N2O3. The van der Waals surface area contributed by atoms with Crippen LogP contribution in [0, 0.1) is 0 Å². The Morgan fingerprint density at radius 3 is 2.52 bits per heavy atom. The van der Waals surface area contributed by atoms with E-state index in [1.54, 1.807) is 12.1 Å². The predicted octanol–water partition coefficient (Wildman–Crippen LogP) is 2.98. The fourth-order valence-corrected chi connectivity index (χ4v) is 2.60. The topological polar surface area (TPSA) is 78.4 Å². The standard InChI is InChI=1S/C18H16N2O3/c21-17(19-13-6-2-1-3-7-13)11-12-10-16(18(22)23)20-15-9-5-4-8-14(12)15/h1-9,11,16,20H,10H2,(H,19,21)(H,22,23). The van der Waals surface area contributed by atoms with Gasteiger partial charge in [-0.25, -0.2) is 4.79 Å². The molecule has 2 aromatic carbocycles. The average molecular weight is 308 g/mol. The summed E-state index contributed by atoms with van der Waals surface area (Å²) in [6, 6.07) is 15.8. The van der Waals surface area contributed by atoms with Gasteiger partial charge in [-0.05, 0) is 23.8 Å². The molecule has 0 bridgehead atoms. The van der Waals surface area contributed by atoms with Crippen LogP contribution in [0.5, 0.6) is 0 Å². The number of anilines is 2. The summed E-state index contributed by atoms with van der Waals surface area (Å²) >= 11 is 0. The van der Waals surface area contributed by atoms with Gasteiger partial charge in [-0.15, -0.1) is 0 Å². The Bertz CT molecular complexity index is 769. The Morgan fingerprint density at radius 2 is 1.78 bits per heavy atom. The van der Waals surface area contributed by atoms with Crippen molar-refractivity contribution in [2.75, 3.05) is 10.6 Å². The second-order valence-electron chi connectivity index (χ2n) is 5.31. The van der Waals surface area contributed by atoms with Crippen molar-refractivity contribution in [1.29, 1.82) is 0 Å². The molecule has 3 rings (SSSR count). The molecule has 2 aromatic rings. The summed E-state index contributed by atoms with van der Waals surface area (Å²) in [7, 11) is 0. The van der Waals surface area contributed by atoms with E-state index in [4.69, 9.17) is 0 Å². The molecule has 1 atom stereocenters. The van der Waals surface area contributed by atoms with Gasteiger partial charge in [0.2, 0.25) is 5.91 Å². The molecule has 1 unspecified atom stereocenters. The van der Waals surface area contributed by atoms with Crippen molar-refractivity contribution in [3.63, 3.8) is 0 Å². The summed E-state index contributed by atoms with van der Waals surface area (Å²) < 4.78 is 0. The molecule has 0 fully saturated rings. The highest BCUT2D eigenvalue weighted by Crippen LogP contribution is 2.33. The van der Waals surface area contributed by atoms with Crippen LogP contribution < -0.4 is 10.6 Å². The second kappa shape index (κ2) is 6.36. The Labute approximate surface area is 133 Å². The van der Waals surface area contributed by atoms with E-state index >= 15 is 0 Å². The molecular weight excluding hydrogens is 292 g/mol. The highest BCUT2D eigenvalue weighted by molar-refractivity contribution is 6.05. The van der Waals surface area contributed by atoms with Gasteiger partial charge in [0.15, 0.2) is 0 Å². The first-order valence-electron chi connectivity index (χ1n) is 7.29. The van der Waals surface area contributed by atoms with E-state index < -0.39 is 12.0 Å². The van der Waals surface area contributed by atoms with Crippen LogP contribution in [-0.4, -0.2) is 23.0 Å². The highest BCUT2D eigenvalue weighted by atomic mass is 16.4. The highest BCUT2D eigenvalue weighted by Gasteiger charge is 2.26. The minimum Gasteiger partial charge on any atom is -0.480 e. The van der Waals surface area contributed by atoms with Gasteiger partial charge in [0.25, 0.3) is 0 Å². The number of carbonyl (C=O) groups excluding carboxylic acids is 1. The van der Waals surface area contributed by atoms with Gasteiger partial charge >= 0.3 is 5.97 Å². The number of benzene rings is 2. The van der Waals surface area contributed by atoms with Gasteiger partial charge in [-0.2, -0.15) is 0 Å². The van der Waals surface area contributed by atoms with Gasteiger partial charge < -0.3 is 15.7 Å². The largest absolute Gasteiger partial charge is 0.480 e. The molecule has 1 amide bonds. The van der Waals surface area contributed by atoms with Crippen molar-refractivity contribution in [2.24, 2.45) is 0 Å². The Morgan fingerprint density at radius 1 is 1.09 bits per heavy atom. The van der Waals surface area contributed by atoms with Crippen molar-refractivity contribution in [2.45, 2.75) is 12.5 Å². The van der Waals surface area contributed by atoms with Gasteiger partial charge in [0.1, 0.15) is 6.04 Å². The molecule has 116 valence electrons. The third-order valence-corrected chi connectivity index (χ3v) is 3.67. The van der Waals surface area contributed by atoms with E-state index in [2.05, 4.69) is 10.6 Å². The monoisotopic (exact) mass is 308 g/mol. The van der Waals surface area contributed by atoms with Crippen LogP contribution in [-0.2, 0) is 9.59 Å². The number of carboxylic acid groups (broad SMARTS) is 1. The van der Waals surface area contributed by atoms with Crippen LogP contribution in [0.1, 0.15) is 12.0 Å². The Kier molecular flexibility index (Phi) is 4.10. The first-order valence-corrected chi connectivity index (χ1v) is 7.29. The average Bonchev–Trinajstić information content (AvgIpc) is 2.55. The first kappa shape index (κ1) is 14.8. The summed E-state index contributed by atoms with van der Waals surface area (Å²) in [5, 5.41) is 15.0. The fraction of sp³-hybridized carbons (Fsp3) is 0.111. The quantitative estimate of drug-likeness (QED) is 0.762. The lowest BCUT2D eigenvalue weighted by molar-refractivity contribution is -0.137. The zero-order valence-corrected chi connectivity index (χ0v) is 12.3. The lowest BCUT2D eigenvalue weighted by atomic mass is 9.92. The third kappa shape index (κ3) is 3.40. The van der Waals surface area contributed by atoms with E-state index in [0.717, 1.165) is 11.3 Å². The number of fused-ring (bicyclic) bond motifs is 1. The van der Waals surface area contributed by atoms with Gasteiger partial charge in [0.05, 0.1) is 0 Å². The maximum Gasteiger partial charge on any atom is 0.326 e. The molecule has 5 nitrogen and oxygen atoms in total. The summed E-state index contributed by atoms with van der Waals surface area (Å²) in [5.41, 5.74) is 2.99. The molecule has 0 aromatic heterocycles. The molecule has 1 aliphatic heterocycles. The molecule has 23 heavy (non-hydrogen) atoms. The number of rotatable bonds is 3. The van der Waals surface area contributed by atoms with Gasteiger partial charge in [-0.1, -0.05) is 36.4 Å². The van der Waals surface area contributed by atoms with Gasteiger partial charge in [-0.3, -0.25) is 4.79 Å². The van der Waals surface area contributed by atoms with E-state index in [1.165, 1.54) is 6.08 Å². The number of para-hydroxylation sites is 2. The zero-order valence-electron chi connectivity index (χ0n) is 12.3. The van der Waals surface area contributed by atoms with Crippen LogP contribution in [0.15, 0.2) is 60.7 Å². The minimum atomic E-state index is -0.936. The SMILES string of the molecule is O=C(C=C1CC(C(=O)O)Nc2ccccc21)Nc1ccccc1. The van der Waals surface area contributed by atoms with Crippen LogP contribution in [0.4, 0.5) is 11.4 Å². The lowest BCUT2D eigenvalue weighted by Gasteiger charge is -2.26. The maximum absolute atomic E-state index is 12.2. The van der Waals surface area contributed by atoms with Crippen molar-refractivity contribution in [1.82, 2.24) is 0 Å². The summed E-state index contributed by atoms with van der Waals surface area (Å²) in [6.45, 7) is 0. The molecule has 3 N–H and O–H groups in total. The summed E-state index contributed by atoms with van der Waals surface area (Å²) in [6.07, 6.45) is 1.73. The van der Waals surface area contributed by atoms with Crippen molar-refractivity contribution < 1.29 is 14.7 Å². The third-order valence-electron chi connectivity index (χ3n) is 3.67. The van der Waals surface area contributed by atoms with Crippen LogP contribution >= 0.6 is 0 Å². The number of aliphatic carboxylic acids is 1. The Balaban J connectivity index is 1.88. The van der Waals surface area contributed by atoms with Crippen molar-refractivity contribution >= 4 is 28.8 Å².